The van der Waals surface area contributed by atoms with E-state index in [1.54, 1.807) is 6.07 Å². The monoisotopic (exact) mass is 231 g/mol. The Balaban J connectivity index is 2.19. The van der Waals surface area contributed by atoms with E-state index in [0.29, 0.717) is 12.1 Å². The lowest BCUT2D eigenvalue weighted by atomic mass is 9.90. The topological polar surface area (TPSA) is 73.3 Å². The molecule has 4 heteroatoms. The average molecular weight is 231 g/mol. The summed E-state index contributed by atoms with van der Waals surface area (Å²) in [7, 11) is 0. The van der Waals surface area contributed by atoms with Crippen LogP contribution < -0.4 is 10.6 Å². The van der Waals surface area contributed by atoms with Crippen LogP contribution in [0.15, 0.2) is 24.3 Å². The predicted molar refractivity (Wildman–Crippen MR) is 66.6 cm³/mol. The molecule has 4 nitrogen and oxygen atoms in total. The molecule has 0 aromatic heterocycles. The molecule has 1 heterocycles. The third-order valence-corrected chi connectivity index (χ3v) is 3.26. The van der Waals surface area contributed by atoms with Gasteiger partial charge in [-0.15, -0.1) is 0 Å². The number of aliphatic hydroxyl groups is 1. The van der Waals surface area contributed by atoms with Crippen molar-refractivity contribution in [3.63, 3.8) is 0 Å². The van der Waals surface area contributed by atoms with Gasteiger partial charge in [-0.25, -0.2) is 0 Å². The first kappa shape index (κ1) is 11.9. The van der Waals surface area contributed by atoms with Crippen LogP contribution in [0, 0.1) is 11.3 Å². The van der Waals surface area contributed by atoms with E-state index in [-0.39, 0.29) is 6.61 Å². The van der Waals surface area contributed by atoms with E-state index in [2.05, 4.69) is 11.0 Å². The van der Waals surface area contributed by atoms with Crippen LogP contribution in [-0.2, 0) is 0 Å². The molecule has 90 valence electrons. The van der Waals surface area contributed by atoms with Gasteiger partial charge in [-0.05, 0) is 31.0 Å². The molecule has 3 N–H and O–H groups in total. The van der Waals surface area contributed by atoms with Gasteiger partial charge < -0.3 is 15.7 Å². The molecule has 0 spiro atoms. The first-order chi connectivity index (χ1) is 8.17. The lowest BCUT2D eigenvalue weighted by Gasteiger charge is -2.40. The van der Waals surface area contributed by atoms with Crippen molar-refractivity contribution in [1.82, 2.24) is 0 Å². The van der Waals surface area contributed by atoms with Crippen molar-refractivity contribution in [2.75, 3.05) is 24.6 Å². The van der Waals surface area contributed by atoms with Crippen LogP contribution in [0.3, 0.4) is 0 Å². The van der Waals surface area contributed by atoms with Crippen LogP contribution in [0.2, 0.25) is 0 Å². The van der Waals surface area contributed by atoms with E-state index in [9.17, 15) is 5.11 Å². The first-order valence-corrected chi connectivity index (χ1v) is 5.82. The molecule has 1 aliphatic rings. The Morgan fingerprint density at radius 2 is 2.35 bits per heavy atom. The van der Waals surface area contributed by atoms with E-state index in [0.717, 1.165) is 25.1 Å². The molecule has 0 amide bonds. The van der Waals surface area contributed by atoms with Crippen LogP contribution in [-0.4, -0.2) is 30.3 Å². The Morgan fingerprint density at radius 1 is 1.53 bits per heavy atom. The highest BCUT2D eigenvalue weighted by atomic mass is 16.3. The van der Waals surface area contributed by atoms with Crippen LogP contribution in [0.1, 0.15) is 18.4 Å². The zero-order valence-corrected chi connectivity index (χ0v) is 9.76. The number of anilines is 1. The molecule has 17 heavy (non-hydrogen) atoms. The van der Waals surface area contributed by atoms with Crippen LogP contribution in [0.4, 0.5) is 5.69 Å². The smallest absolute Gasteiger partial charge is 0.0992 e. The van der Waals surface area contributed by atoms with Gasteiger partial charge in [0.25, 0.3) is 0 Å². The number of rotatable bonds is 2. The van der Waals surface area contributed by atoms with Gasteiger partial charge in [-0.2, -0.15) is 5.26 Å². The molecule has 1 aromatic rings. The molecule has 0 bridgehead atoms. The lowest BCUT2D eigenvalue weighted by Crippen LogP contribution is -2.56. The Bertz CT molecular complexity index is 441. The maximum absolute atomic E-state index is 9.31. The molecule has 2 rings (SSSR count). The summed E-state index contributed by atoms with van der Waals surface area (Å²) in [6.07, 6.45) is 1.81. The molecular weight excluding hydrogens is 214 g/mol. The third-order valence-electron chi connectivity index (χ3n) is 3.26. The summed E-state index contributed by atoms with van der Waals surface area (Å²) < 4.78 is 0. The maximum atomic E-state index is 9.31. The van der Waals surface area contributed by atoms with Gasteiger partial charge in [-0.3, -0.25) is 0 Å². The van der Waals surface area contributed by atoms with Crippen molar-refractivity contribution < 1.29 is 5.11 Å². The Labute approximate surface area is 101 Å². The van der Waals surface area contributed by atoms with Gasteiger partial charge in [0.1, 0.15) is 0 Å². The van der Waals surface area contributed by atoms with Crippen molar-refractivity contribution in [3.8, 4) is 6.07 Å². The quantitative estimate of drug-likeness (QED) is 0.791. The molecule has 1 atom stereocenters. The third kappa shape index (κ3) is 2.57. The van der Waals surface area contributed by atoms with Gasteiger partial charge >= 0.3 is 0 Å². The van der Waals surface area contributed by atoms with Gasteiger partial charge in [0, 0.05) is 18.8 Å². The maximum Gasteiger partial charge on any atom is 0.0992 e. The number of hydrogen-bond acceptors (Lipinski definition) is 4. The van der Waals surface area contributed by atoms with E-state index < -0.39 is 5.54 Å². The molecule has 1 aromatic carbocycles. The highest BCUT2D eigenvalue weighted by Crippen LogP contribution is 2.24. The lowest BCUT2D eigenvalue weighted by molar-refractivity contribution is 0.177. The fourth-order valence-electron chi connectivity index (χ4n) is 2.28. The minimum absolute atomic E-state index is 0.00143. The van der Waals surface area contributed by atoms with E-state index in [1.807, 2.05) is 18.2 Å². The van der Waals surface area contributed by atoms with Crippen LogP contribution in [0.5, 0.6) is 0 Å². The number of hydrogen-bond donors (Lipinski definition) is 2. The number of benzene rings is 1. The minimum Gasteiger partial charge on any atom is -0.394 e. The standard InChI is InChI=1S/C13H17N3O/c14-8-11-3-1-4-12(7-11)16-6-2-5-13(15,9-16)10-17/h1,3-4,7,17H,2,5-6,9-10,15H2. The van der Waals surface area contributed by atoms with Crippen molar-refractivity contribution in [1.29, 1.82) is 5.26 Å². The summed E-state index contributed by atoms with van der Waals surface area (Å²) in [4.78, 5) is 2.14. The molecule has 1 aliphatic heterocycles. The molecule has 1 fully saturated rings. The zero-order chi connectivity index (χ0) is 12.3. The van der Waals surface area contributed by atoms with Crippen molar-refractivity contribution in [2.24, 2.45) is 5.73 Å². The van der Waals surface area contributed by atoms with Crippen LogP contribution >= 0.6 is 0 Å². The van der Waals surface area contributed by atoms with Gasteiger partial charge in [-0.1, -0.05) is 6.07 Å². The predicted octanol–water partition coefficient (Wildman–Crippen LogP) is 0.848. The Kier molecular flexibility index (Phi) is 3.32. The highest BCUT2D eigenvalue weighted by molar-refractivity contribution is 5.52. The Hall–Kier alpha value is -1.57. The SMILES string of the molecule is N#Cc1cccc(N2CCCC(N)(CO)C2)c1. The summed E-state index contributed by atoms with van der Waals surface area (Å²) >= 11 is 0. The fraction of sp³-hybridized carbons (Fsp3) is 0.462. The van der Waals surface area contributed by atoms with Crippen molar-refractivity contribution in [3.05, 3.63) is 29.8 Å². The van der Waals surface area contributed by atoms with Gasteiger partial charge in [0.2, 0.25) is 0 Å². The summed E-state index contributed by atoms with van der Waals surface area (Å²) in [5.74, 6) is 0. The van der Waals surface area contributed by atoms with Crippen LogP contribution in [0.25, 0.3) is 0 Å². The minimum atomic E-state index is -0.513. The molecule has 1 saturated heterocycles. The molecule has 0 aliphatic carbocycles. The molecule has 0 saturated carbocycles. The number of nitriles is 1. The summed E-state index contributed by atoms with van der Waals surface area (Å²) in [5.41, 5.74) is 7.25. The largest absolute Gasteiger partial charge is 0.394 e. The number of nitrogens with two attached hydrogens (primary N) is 1. The summed E-state index contributed by atoms with van der Waals surface area (Å²) in [6, 6.07) is 9.64. The second-order valence-corrected chi connectivity index (χ2v) is 4.71. The molecular formula is C13H17N3O. The van der Waals surface area contributed by atoms with Crippen molar-refractivity contribution in [2.45, 2.75) is 18.4 Å². The number of aliphatic hydroxyl groups excluding tert-OH is 1. The molecule has 0 radical (unpaired) electrons. The zero-order valence-electron chi connectivity index (χ0n) is 9.76. The normalized spacial score (nSPS) is 24.4. The number of nitrogens with zero attached hydrogens (tertiary/aromatic N) is 2. The van der Waals surface area contributed by atoms with E-state index in [1.165, 1.54) is 0 Å². The van der Waals surface area contributed by atoms with Gasteiger partial charge in [0.05, 0.1) is 23.8 Å². The van der Waals surface area contributed by atoms with E-state index in [4.69, 9.17) is 11.0 Å². The second-order valence-electron chi connectivity index (χ2n) is 4.71. The molecule has 1 unspecified atom stereocenters. The van der Waals surface area contributed by atoms with E-state index >= 15 is 0 Å². The Morgan fingerprint density at radius 3 is 3.06 bits per heavy atom. The average Bonchev–Trinajstić information content (AvgIpc) is 2.39. The summed E-state index contributed by atoms with van der Waals surface area (Å²) in [6.45, 7) is 1.56. The van der Waals surface area contributed by atoms with Crippen molar-refractivity contribution >= 4 is 5.69 Å². The summed E-state index contributed by atoms with van der Waals surface area (Å²) in [5, 5.41) is 18.2. The number of piperidine rings is 1. The highest BCUT2D eigenvalue weighted by Gasteiger charge is 2.31. The second kappa shape index (κ2) is 4.74. The fourth-order valence-corrected chi connectivity index (χ4v) is 2.28. The first-order valence-electron chi connectivity index (χ1n) is 5.82. The van der Waals surface area contributed by atoms with Gasteiger partial charge in [0.15, 0.2) is 0 Å².